The third-order valence-electron chi connectivity index (χ3n) is 1.85. The fraction of sp³-hybridized carbons (Fsp3) is 0.333. The van der Waals surface area contributed by atoms with Crippen molar-refractivity contribution >= 4 is 22.7 Å². The van der Waals surface area contributed by atoms with Crippen LogP contribution in [0, 0.1) is 6.92 Å². The van der Waals surface area contributed by atoms with Crippen LogP contribution in [0.15, 0.2) is 17.9 Å². The van der Waals surface area contributed by atoms with E-state index in [1.807, 2.05) is 6.92 Å². The van der Waals surface area contributed by atoms with Crippen LogP contribution in [0.25, 0.3) is 0 Å². The van der Waals surface area contributed by atoms with Crippen molar-refractivity contribution in [3.63, 3.8) is 0 Å². The Morgan fingerprint density at radius 3 is 2.93 bits per heavy atom. The minimum atomic E-state index is -0.443. The van der Waals surface area contributed by atoms with Crippen LogP contribution in [-0.2, 0) is 6.42 Å². The molecule has 0 saturated carbocycles. The van der Waals surface area contributed by atoms with Crippen LogP contribution in [0.1, 0.15) is 20.9 Å². The van der Waals surface area contributed by atoms with Crippen molar-refractivity contribution in [3.8, 4) is 0 Å². The molecule has 1 N–H and O–H groups in total. The van der Waals surface area contributed by atoms with E-state index in [1.165, 1.54) is 0 Å². The van der Waals surface area contributed by atoms with Gasteiger partial charge in [-0.15, -0.1) is 22.7 Å². The van der Waals surface area contributed by atoms with Crippen molar-refractivity contribution < 1.29 is 5.11 Å². The zero-order valence-electron chi connectivity index (χ0n) is 7.67. The summed E-state index contributed by atoms with van der Waals surface area (Å²) in [6.07, 6.45) is 3.72. The van der Waals surface area contributed by atoms with Crippen molar-refractivity contribution in [2.24, 2.45) is 0 Å². The summed E-state index contributed by atoms with van der Waals surface area (Å²) < 4.78 is 0. The van der Waals surface area contributed by atoms with Crippen LogP contribution in [0.3, 0.4) is 0 Å². The highest BCUT2D eigenvalue weighted by atomic mass is 32.1. The number of aliphatic hydroxyl groups is 1. The molecule has 2 aromatic heterocycles. The third-order valence-corrected chi connectivity index (χ3v) is 3.66. The molecule has 1 unspecified atom stereocenters. The molecule has 2 aromatic rings. The molecule has 2 rings (SSSR count). The van der Waals surface area contributed by atoms with Gasteiger partial charge in [0, 0.05) is 23.7 Å². The summed E-state index contributed by atoms with van der Waals surface area (Å²) in [5.74, 6) is 0. The number of aromatic nitrogens is 2. The highest BCUT2D eigenvalue weighted by molar-refractivity contribution is 7.11. The Morgan fingerprint density at radius 2 is 2.36 bits per heavy atom. The first-order chi connectivity index (χ1) is 6.75. The summed E-state index contributed by atoms with van der Waals surface area (Å²) in [5.41, 5.74) is 1.78. The highest BCUT2D eigenvalue weighted by Gasteiger charge is 2.11. The molecule has 0 radical (unpaired) electrons. The molecule has 0 fully saturated rings. The Bertz CT molecular complexity index is 397. The molecule has 0 bridgehead atoms. The van der Waals surface area contributed by atoms with Crippen LogP contribution < -0.4 is 0 Å². The lowest BCUT2D eigenvalue weighted by Gasteiger charge is -2.04. The number of hydrogen-bond acceptors (Lipinski definition) is 5. The number of thiazole rings is 2. The molecule has 0 aliphatic rings. The van der Waals surface area contributed by atoms with Gasteiger partial charge in [0.05, 0.1) is 21.5 Å². The van der Waals surface area contributed by atoms with E-state index in [4.69, 9.17) is 0 Å². The first-order valence-electron chi connectivity index (χ1n) is 4.23. The quantitative estimate of drug-likeness (QED) is 0.872. The van der Waals surface area contributed by atoms with Gasteiger partial charge in [-0.1, -0.05) is 0 Å². The zero-order valence-corrected chi connectivity index (χ0v) is 9.31. The lowest BCUT2D eigenvalue weighted by Crippen LogP contribution is -1.97. The van der Waals surface area contributed by atoms with Gasteiger partial charge in [-0.25, -0.2) is 4.98 Å². The van der Waals surface area contributed by atoms with Gasteiger partial charge in [0.1, 0.15) is 0 Å². The Balaban J connectivity index is 2.06. The van der Waals surface area contributed by atoms with Gasteiger partial charge in [0.2, 0.25) is 0 Å². The fourth-order valence-electron chi connectivity index (χ4n) is 1.17. The lowest BCUT2D eigenvalue weighted by atomic mass is 10.2. The van der Waals surface area contributed by atoms with E-state index >= 15 is 0 Å². The van der Waals surface area contributed by atoms with Crippen molar-refractivity contribution in [2.45, 2.75) is 19.4 Å². The van der Waals surface area contributed by atoms with Crippen LogP contribution in [-0.4, -0.2) is 15.1 Å². The van der Waals surface area contributed by atoms with Crippen molar-refractivity contribution in [1.82, 2.24) is 9.97 Å². The molecule has 5 heteroatoms. The smallest absolute Gasteiger partial charge is 0.0946 e. The summed E-state index contributed by atoms with van der Waals surface area (Å²) in [6, 6.07) is 0. The normalized spacial score (nSPS) is 13.0. The van der Waals surface area contributed by atoms with E-state index in [2.05, 4.69) is 9.97 Å². The van der Waals surface area contributed by atoms with Crippen LogP contribution in [0.5, 0.6) is 0 Å². The average Bonchev–Trinajstić information content (AvgIpc) is 2.75. The monoisotopic (exact) mass is 226 g/mol. The number of aliphatic hydroxyl groups excluding tert-OH is 1. The Morgan fingerprint density at radius 1 is 1.50 bits per heavy atom. The minimum absolute atomic E-state index is 0.443. The van der Waals surface area contributed by atoms with Gasteiger partial charge in [-0.05, 0) is 6.92 Å². The fourth-order valence-corrected chi connectivity index (χ4v) is 2.57. The van der Waals surface area contributed by atoms with Gasteiger partial charge in [-0.3, -0.25) is 4.98 Å². The maximum Gasteiger partial charge on any atom is 0.0946 e. The zero-order chi connectivity index (χ0) is 9.97. The summed E-state index contributed by atoms with van der Waals surface area (Å²) in [6.45, 7) is 1.94. The Labute approximate surface area is 90.1 Å². The summed E-state index contributed by atoms with van der Waals surface area (Å²) >= 11 is 3.11. The molecule has 1 atom stereocenters. The average molecular weight is 226 g/mol. The van der Waals surface area contributed by atoms with E-state index in [-0.39, 0.29) is 0 Å². The molecular formula is C9H10N2OS2. The summed E-state index contributed by atoms with van der Waals surface area (Å²) in [7, 11) is 0. The second-order valence-electron chi connectivity index (χ2n) is 2.97. The number of hydrogen-bond donors (Lipinski definition) is 1. The molecule has 0 aliphatic heterocycles. The van der Waals surface area contributed by atoms with E-state index in [0.717, 1.165) is 14.8 Å². The van der Waals surface area contributed by atoms with Crippen molar-refractivity contribution in [2.75, 3.05) is 0 Å². The second-order valence-corrected chi connectivity index (χ2v) is 5.21. The SMILES string of the molecule is Cc1ncc(C(O)Cc2cncs2)s1. The van der Waals surface area contributed by atoms with E-state index in [9.17, 15) is 5.11 Å². The first kappa shape index (κ1) is 9.76. The number of nitrogens with zero attached hydrogens (tertiary/aromatic N) is 2. The van der Waals surface area contributed by atoms with Gasteiger partial charge in [0.25, 0.3) is 0 Å². The highest BCUT2D eigenvalue weighted by Crippen LogP contribution is 2.24. The first-order valence-corrected chi connectivity index (χ1v) is 5.93. The molecule has 0 aliphatic carbocycles. The number of rotatable bonds is 3. The topological polar surface area (TPSA) is 46.0 Å². The molecule has 74 valence electrons. The predicted octanol–water partition coefficient (Wildman–Crippen LogP) is 2.18. The van der Waals surface area contributed by atoms with E-state index < -0.39 is 6.10 Å². The number of aryl methyl sites for hydroxylation is 1. The van der Waals surface area contributed by atoms with Gasteiger partial charge >= 0.3 is 0 Å². The van der Waals surface area contributed by atoms with Crippen molar-refractivity contribution in [1.29, 1.82) is 0 Å². The van der Waals surface area contributed by atoms with Gasteiger partial charge < -0.3 is 5.11 Å². The maximum absolute atomic E-state index is 9.85. The van der Waals surface area contributed by atoms with Crippen LogP contribution in [0.4, 0.5) is 0 Å². The largest absolute Gasteiger partial charge is 0.387 e. The molecule has 0 amide bonds. The van der Waals surface area contributed by atoms with Crippen LogP contribution >= 0.6 is 22.7 Å². The predicted molar refractivity (Wildman–Crippen MR) is 57.6 cm³/mol. The van der Waals surface area contributed by atoms with Gasteiger partial charge in [0.15, 0.2) is 0 Å². The van der Waals surface area contributed by atoms with Crippen LogP contribution in [0.2, 0.25) is 0 Å². The Hall–Kier alpha value is -0.780. The minimum Gasteiger partial charge on any atom is -0.387 e. The summed E-state index contributed by atoms with van der Waals surface area (Å²) in [5, 5.41) is 10.8. The van der Waals surface area contributed by atoms with E-state index in [1.54, 1.807) is 40.6 Å². The lowest BCUT2D eigenvalue weighted by molar-refractivity contribution is 0.183. The van der Waals surface area contributed by atoms with Crippen molar-refractivity contribution in [3.05, 3.63) is 32.7 Å². The Kier molecular flexibility index (Phi) is 2.90. The molecule has 14 heavy (non-hydrogen) atoms. The summed E-state index contributed by atoms with van der Waals surface area (Å²) in [4.78, 5) is 10.1. The maximum atomic E-state index is 9.85. The third kappa shape index (κ3) is 2.17. The molecule has 0 saturated heterocycles. The molecule has 2 heterocycles. The molecular weight excluding hydrogens is 216 g/mol. The standard InChI is InChI=1S/C9H10N2OS2/c1-6-11-4-9(14-6)8(12)2-7-3-10-5-13-7/h3-5,8,12H,2H2,1H3. The van der Waals surface area contributed by atoms with E-state index in [0.29, 0.717) is 6.42 Å². The second kappa shape index (κ2) is 4.16. The molecule has 0 spiro atoms. The van der Waals surface area contributed by atoms with Gasteiger partial charge in [-0.2, -0.15) is 0 Å². The molecule has 3 nitrogen and oxygen atoms in total. The molecule has 0 aromatic carbocycles.